The monoisotopic (exact) mass is 374 g/mol. The molecule has 4 atom stereocenters. The number of carbonyl (C=O) groups is 3. The lowest BCUT2D eigenvalue weighted by molar-refractivity contribution is -0.165. The molecule has 0 radical (unpaired) electrons. The molecule has 8 heteroatoms. The smallest absolute Gasteiger partial charge is 0.330 e. The van der Waals surface area contributed by atoms with Crippen molar-refractivity contribution in [3.8, 4) is 0 Å². The van der Waals surface area contributed by atoms with Crippen molar-refractivity contribution in [2.24, 2.45) is 17.8 Å². The SMILES string of the molecule is C=CC(=O)OCCOC(=O)C1C(C)C=CCC1C(=O)OCC(O)CCl. The Morgan fingerprint density at radius 1 is 1.28 bits per heavy atom. The molecule has 0 aromatic carbocycles. The van der Waals surface area contributed by atoms with Gasteiger partial charge in [0.15, 0.2) is 0 Å². The predicted molar refractivity (Wildman–Crippen MR) is 89.7 cm³/mol. The Morgan fingerprint density at radius 3 is 2.60 bits per heavy atom. The number of rotatable bonds is 9. The van der Waals surface area contributed by atoms with Crippen molar-refractivity contribution in [1.29, 1.82) is 0 Å². The Labute approximate surface area is 151 Å². The normalized spacial score (nSPS) is 23.4. The molecule has 140 valence electrons. The number of esters is 3. The largest absolute Gasteiger partial charge is 0.463 e. The average Bonchev–Trinajstić information content (AvgIpc) is 2.62. The number of alkyl halides is 1. The zero-order chi connectivity index (χ0) is 18.8. The number of hydrogen-bond donors (Lipinski definition) is 1. The maximum Gasteiger partial charge on any atom is 0.330 e. The van der Waals surface area contributed by atoms with Gasteiger partial charge in [-0.15, -0.1) is 11.6 Å². The van der Waals surface area contributed by atoms with Crippen molar-refractivity contribution in [3.05, 3.63) is 24.8 Å². The van der Waals surface area contributed by atoms with Crippen LogP contribution in [0.2, 0.25) is 0 Å². The summed E-state index contributed by atoms with van der Waals surface area (Å²) < 4.78 is 14.9. The van der Waals surface area contributed by atoms with Gasteiger partial charge in [0.2, 0.25) is 0 Å². The fraction of sp³-hybridized carbons (Fsp3) is 0.588. The van der Waals surface area contributed by atoms with E-state index in [0.717, 1.165) is 6.08 Å². The third kappa shape index (κ3) is 6.88. The van der Waals surface area contributed by atoms with Crippen LogP contribution in [-0.2, 0) is 28.6 Å². The molecule has 1 aliphatic rings. The summed E-state index contributed by atoms with van der Waals surface area (Å²) in [5.41, 5.74) is 0. The van der Waals surface area contributed by atoms with E-state index in [1.807, 2.05) is 12.2 Å². The van der Waals surface area contributed by atoms with Crippen molar-refractivity contribution in [3.63, 3.8) is 0 Å². The van der Waals surface area contributed by atoms with Crippen LogP contribution in [0.5, 0.6) is 0 Å². The van der Waals surface area contributed by atoms with Crippen molar-refractivity contribution < 1.29 is 33.7 Å². The van der Waals surface area contributed by atoms with Crippen LogP contribution >= 0.6 is 11.6 Å². The van der Waals surface area contributed by atoms with Crippen molar-refractivity contribution in [1.82, 2.24) is 0 Å². The highest BCUT2D eigenvalue weighted by Gasteiger charge is 2.40. The molecule has 0 saturated heterocycles. The summed E-state index contributed by atoms with van der Waals surface area (Å²) in [5.74, 6) is -3.43. The van der Waals surface area contributed by atoms with Crippen molar-refractivity contribution in [2.45, 2.75) is 19.4 Å². The molecule has 0 saturated carbocycles. The maximum absolute atomic E-state index is 12.3. The molecular formula is C17H23ClO7. The molecule has 0 bridgehead atoms. The summed E-state index contributed by atoms with van der Waals surface area (Å²) in [7, 11) is 0. The van der Waals surface area contributed by atoms with Crippen LogP contribution in [0.3, 0.4) is 0 Å². The quantitative estimate of drug-likeness (QED) is 0.162. The van der Waals surface area contributed by atoms with E-state index in [4.69, 9.17) is 25.8 Å². The van der Waals surface area contributed by atoms with Crippen LogP contribution in [-0.4, -0.2) is 54.8 Å². The van der Waals surface area contributed by atoms with Crippen LogP contribution in [0.4, 0.5) is 0 Å². The minimum atomic E-state index is -0.952. The molecule has 1 N–H and O–H groups in total. The van der Waals surface area contributed by atoms with Crippen LogP contribution in [0, 0.1) is 17.8 Å². The molecule has 0 amide bonds. The fourth-order valence-corrected chi connectivity index (χ4v) is 2.55. The molecule has 0 aromatic heterocycles. The van der Waals surface area contributed by atoms with Crippen LogP contribution in [0.25, 0.3) is 0 Å². The number of carbonyl (C=O) groups excluding carboxylic acids is 3. The van der Waals surface area contributed by atoms with E-state index in [0.29, 0.717) is 6.42 Å². The van der Waals surface area contributed by atoms with E-state index >= 15 is 0 Å². The van der Waals surface area contributed by atoms with Crippen LogP contribution in [0.1, 0.15) is 13.3 Å². The summed E-state index contributed by atoms with van der Waals surface area (Å²) in [4.78, 5) is 35.5. The van der Waals surface area contributed by atoms with Gasteiger partial charge in [-0.1, -0.05) is 25.7 Å². The summed E-state index contributed by atoms with van der Waals surface area (Å²) >= 11 is 5.46. The summed E-state index contributed by atoms with van der Waals surface area (Å²) in [6.07, 6.45) is 4.04. The lowest BCUT2D eigenvalue weighted by atomic mass is 9.76. The highest BCUT2D eigenvalue weighted by atomic mass is 35.5. The minimum absolute atomic E-state index is 0.0524. The van der Waals surface area contributed by atoms with Gasteiger partial charge in [-0.05, 0) is 12.3 Å². The zero-order valence-electron chi connectivity index (χ0n) is 14.1. The topological polar surface area (TPSA) is 99.1 Å². The second-order valence-electron chi connectivity index (χ2n) is 5.63. The number of ether oxygens (including phenoxy) is 3. The molecule has 0 fully saturated rings. The van der Waals surface area contributed by atoms with Gasteiger partial charge in [-0.3, -0.25) is 9.59 Å². The van der Waals surface area contributed by atoms with Gasteiger partial charge in [0.05, 0.1) is 17.7 Å². The summed E-state index contributed by atoms with van der Waals surface area (Å²) in [6, 6.07) is 0. The van der Waals surface area contributed by atoms with Crippen molar-refractivity contribution >= 4 is 29.5 Å². The Balaban J connectivity index is 2.60. The zero-order valence-corrected chi connectivity index (χ0v) is 14.8. The van der Waals surface area contributed by atoms with Gasteiger partial charge in [0.1, 0.15) is 25.9 Å². The Morgan fingerprint density at radius 2 is 1.96 bits per heavy atom. The molecule has 0 heterocycles. The highest BCUT2D eigenvalue weighted by molar-refractivity contribution is 6.18. The first-order valence-electron chi connectivity index (χ1n) is 7.93. The van der Waals surface area contributed by atoms with Crippen LogP contribution < -0.4 is 0 Å². The molecule has 0 aliphatic heterocycles. The number of aliphatic hydroxyl groups excluding tert-OH is 1. The molecule has 0 aromatic rings. The van der Waals surface area contributed by atoms with E-state index < -0.39 is 35.8 Å². The fourth-order valence-electron chi connectivity index (χ4n) is 2.46. The standard InChI is InChI=1S/C17H23ClO7/c1-3-14(20)23-7-8-24-17(22)15-11(2)5-4-6-13(15)16(21)25-10-12(19)9-18/h3-5,11-13,15,19H,1,6-10H2,2H3. The summed E-state index contributed by atoms with van der Waals surface area (Å²) in [6.45, 7) is 4.62. The van der Waals surface area contributed by atoms with Crippen LogP contribution in [0.15, 0.2) is 24.8 Å². The third-order valence-electron chi connectivity index (χ3n) is 3.74. The predicted octanol–water partition coefficient (Wildman–Crippen LogP) is 1.23. The molecule has 0 spiro atoms. The molecule has 1 aliphatic carbocycles. The number of hydrogen-bond acceptors (Lipinski definition) is 7. The number of allylic oxidation sites excluding steroid dienone is 2. The van der Waals surface area contributed by atoms with Gasteiger partial charge in [0, 0.05) is 6.08 Å². The summed E-state index contributed by atoms with van der Waals surface area (Å²) in [5, 5.41) is 9.38. The average molecular weight is 375 g/mol. The Bertz CT molecular complexity index is 517. The van der Waals surface area contributed by atoms with Gasteiger partial charge >= 0.3 is 17.9 Å². The van der Waals surface area contributed by atoms with E-state index in [9.17, 15) is 19.5 Å². The van der Waals surface area contributed by atoms with E-state index in [1.165, 1.54) is 0 Å². The Kier molecular flexibility index (Phi) is 9.23. The third-order valence-corrected chi connectivity index (χ3v) is 4.10. The highest BCUT2D eigenvalue weighted by Crippen LogP contribution is 2.32. The molecule has 1 rings (SSSR count). The first kappa shape index (κ1) is 21.2. The minimum Gasteiger partial charge on any atom is -0.463 e. The van der Waals surface area contributed by atoms with E-state index in [-0.39, 0.29) is 31.6 Å². The first-order valence-corrected chi connectivity index (χ1v) is 8.47. The van der Waals surface area contributed by atoms with Gasteiger partial charge < -0.3 is 19.3 Å². The van der Waals surface area contributed by atoms with Gasteiger partial charge in [-0.25, -0.2) is 4.79 Å². The number of halogens is 1. The molecule has 7 nitrogen and oxygen atoms in total. The first-order chi connectivity index (χ1) is 11.9. The lowest BCUT2D eigenvalue weighted by Gasteiger charge is -2.30. The van der Waals surface area contributed by atoms with Gasteiger partial charge in [-0.2, -0.15) is 0 Å². The van der Waals surface area contributed by atoms with Crippen molar-refractivity contribution in [2.75, 3.05) is 25.7 Å². The number of aliphatic hydroxyl groups is 1. The Hall–Kier alpha value is -1.86. The van der Waals surface area contributed by atoms with E-state index in [2.05, 4.69) is 6.58 Å². The lowest BCUT2D eigenvalue weighted by Crippen LogP contribution is -2.39. The van der Waals surface area contributed by atoms with E-state index in [1.54, 1.807) is 6.92 Å². The van der Waals surface area contributed by atoms with Gasteiger partial charge in [0.25, 0.3) is 0 Å². The maximum atomic E-state index is 12.3. The second kappa shape index (κ2) is 10.9. The molecular weight excluding hydrogens is 352 g/mol. The molecule has 25 heavy (non-hydrogen) atoms. The second-order valence-corrected chi connectivity index (χ2v) is 5.94. The molecule has 4 unspecified atom stereocenters.